The van der Waals surface area contributed by atoms with E-state index >= 15 is 0 Å². The number of nitrogens with one attached hydrogen (secondary N) is 1. The molecule has 0 heterocycles. The standard InChI is InChI=1S/C12H27N3O2/c1-5-7-15(9-8-14(2)3)12(16)11-13-6-10-17-4/h13H,5-11H2,1-4H3. The first kappa shape index (κ1) is 16.4. The highest BCUT2D eigenvalue weighted by atomic mass is 16.5. The largest absolute Gasteiger partial charge is 0.383 e. The van der Waals surface area contributed by atoms with E-state index in [2.05, 4.69) is 17.1 Å². The van der Waals surface area contributed by atoms with Gasteiger partial charge in [-0.25, -0.2) is 0 Å². The van der Waals surface area contributed by atoms with Gasteiger partial charge in [0.05, 0.1) is 13.2 Å². The van der Waals surface area contributed by atoms with Crippen molar-refractivity contribution in [2.75, 3.05) is 60.5 Å². The summed E-state index contributed by atoms with van der Waals surface area (Å²) >= 11 is 0. The van der Waals surface area contributed by atoms with Crippen molar-refractivity contribution in [3.63, 3.8) is 0 Å². The van der Waals surface area contributed by atoms with Crippen molar-refractivity contribution in [1.29, 1.82) is 0 Å². The smallest absolute Gasteiger partial charge is 0.236 e. The first-order chi connectivity index (χ1) is 8.11. The molecule has 1 amide bonds. The summed E-state index contributed by atoms with van der Waals surface area (Å²) in [7, 11) is 5.70. The highest BCUT2D eigenvalue weighted by Gasteiger charge is 2.11. The molecule has 0 saturated heterocycles. The van der Waals surface area contributed by atoms with Gasteiger partial charge >= 0.3 is 0 Å². The second kappa shape index (κ2) is 10.5. The number of amides is 1. The maximum absolute atomic E-state index is 11.9. The molecule has 0 rings (SSSR count). The monoisotopic (exact) mass is 245 g/mol. The van der Waals surface area contributed by atoms with Crippen LogP contribution in [0, 0.1) is 0 Å². The third kappa shape index (κ3) is 9.09. The minimum Gasteiger partial charge on any atom is -0.383 e. The SMILES string of the molecule is CCCN(CCN(C)C)C(=O)CNCCOC. The molecule has 5 heteroatoms. The fourth-order valence-corrected chi connectivity index (χ4v) is 1.43. The van der Waals surface area contributed by atoms with Gasteiger partial charge in [-0.3, -0.25) is 4.79 Å². The molecule has 5 nitrogen and oxygen atoms in total. The molecule has 0 aliphatic heterocycles. The molecule has 0 spiro atoms. The zero-order valence-corrected chi connectivity index (χ0v) is 11.7. The van der Waals surface area contributed by atoms with Crippen LogP contribution in [0.25, 0.3) is 0 Å². The molecule has 0 aromatic rings. The highest BCUT2D eigenvalue weighted by Crippen LogP contribution is 1.93. The highest BCUT2D eigenvalue weighted by molar-refractivity contribution is 5.78. The summed E-state index contributed by atoms with van der Waals surface area (Å²) in [5.41, 5.74) is 0. The Morgan fingerprint density at radius 2 is 1.94 bits per heavy atom. The lowest BCUT2D eigenvalue weighted by atomic mass is 10.3. The van der Waals surface area contributed by atoms with E-state index in [9.17, 15) is 4.79 Å². The summed E-state index contributed by atoms with van der Waals surface area (Å²) in [5, 5.41) is 3.08. The maximum Gasteiger partial charge on any atom is 0.236 e. The minimum atomic E-state index is 0.171. The molecule has 0 bridgehead atoms. The normalized spacial score (nSPS) is 10.9. The van der Waals surface area contributed by atoms with Gasteiger partial charge in [0, 0.05) is 33.3 Å². The molecular formula is C12H27N3O2. The number of carbonyl (C=O) groups is 1. The van der Waals surface area contributed by atoms with Gasteiger partial charge in [-0.15, -0.1) is 0 Å². The second-order valence-corrected chi connectivity index (χ2v) is 4.35. The molecule has 0 saturated carbocycles. The molecule has 0 fully saturated rings. The zero-order valence-electron chi connectivity index (χ0n) is 11.7. The molecular weight excluding hydrogens is 218 g/mol. The van der Waals surface area contributed by atoms with Crippen LogP contribution in [0.4, 0.5) is 0 Å². The van der Waals surface area contributed by atoms with Crippen LogP contribution in [0.2, 0.25) is 0 Å². The average molecular weight is 245 g/mol. The van der Waals surface area contributed by atoms with Crippen molar-refractivity contribution >= 4 is 5.91 Å². The van der Waals surface area contributed by atoms with Crippen LogP contribution in [-0.4, -0.2) is 76.2 Å². The van der Waals surface area contributed by atoms with E-state index in [1.807, 2.05) is 19.0 Å². The van der Waals surface area contributed by atoms with E-state index in [0.717, 1.165) is 32.6 Å². The number of likely N-dealkylation sites (N-methyl/N-ethyl adjacent to an activating group) is 1. The second-order valence-electron chi connectivity index (χ2n) is 4.35. The van der Waals surface area contributed by atoms with Crippen LogP contribution in [0.1, 0.15) is 13.3 Å². The number of rotatable bonds is 10. The number of ether oxygens (including phenoxy) is 1. The topological polar surface area (TPSA) is 44.8 Å². The number of carbonyl (C=O) groups excluding carboxylic acids is 1. The van der Waals surface area contributed by atoms with Crippen molar-refractivity contribution in [2.24, 2.45) is 0 Å². The molecule has 17 heavy (non-hydrogen) atoms. The summed E-state index contributed by atoms with van der Waals surface area (Å²) in [5.74, 6) is 0.171. The van der Waals surface area contributed by atoms with Gasteiger partial charge in [-0.2, -0.15) is 0 Å². The quantitative estimate of drug-likeness (QED) is 0.551. The molecule has 0 aromatic carbocycles. The van der Waals surface area contributed by atoms with Gasteiger partial charge in [-0.05, 0) is 20.5 Å². The molecule has 0 aliphatic carbocycles. The molecule has 0 aromatic heterocycles. The number of hydrogen-bond acceptors (Lipinski definition) is 4. The van der Waals surface area contributed by atoms with Crippen LogP contribution in [0.3, 0.4) is 0 Å². The van der Waals surface area contributed by atoms with Gasteiger partial charge in [0.1, 0.15) is 0 Å². The molecule has 102 valence electrons. The predicted molar refractivity (Wildman–Crippen MR) is 70.2 cm³/mol. The molecule has 0 aliphatic rings. The van der Waals surface area contributed by atoms with Crippen molar-refractivity contribution in [1.82, 2.24) is 15.1 Å². The van der Waals surface area contributed by atoms with Gasteiger partial charge in [0.15, 0.2) is 0 Å². The zero-order chi connectivity index (χ0) is 13.1. The number of hydrogen-bond donors (Lipinski definition) is 1. The summed E-state index contributed by atoms with van der Waals surface area (Å²) in [6.07, 6.45) is 0.997. The fraction of sp³-hybridized carbons (Fsp3) is 0.917. The lowest BCUT2D eigenvalue weighted by Crippen LogP contribution is -2.42. The predicted octanol–water partition coefficient (Wildman–Crippen LogP) is 0.0226. The molecule has 0 atom stereocenters. The third-order valence-corrected chi connectivity index (χ3v) is 2.42. The van der Waals surface area contributed by atoms with E-state index in [1.54, 1.807) is 7.11 Å². The van der Waals surface area contributed by atoms with E-state index in [0.29, 0.717) is 13.2 Å². The van der Waals surface area contributed by atoms with E-state index in [4.69, 9.17) is 4.74 Å². The molecule has 1 N–H and O–H groups in total. The summed E-state index contributed by atoms with van der Waals surface area (Å²) < 4.78 is 4.92. The Labute approximate surface area is 105 Å². The lowest BCUT2D eigenvalue weighted by molar-refractivity contribution is -0.130. The summed E-state index contributed by atoms with van der Waals surface area (Å²) in [6, 6.07) is 0. The summed E-state index contributed by atoms with van der Waals surface area (Å²) in [6.45, 7) is 6.38. The first-order valence-electron chi connectivity index (χ1n) is 6.24. The maximum atomic E-state index is 11.9. The Hall–Kier alpha value is -0.650. The Balaban J connectivity index is 3.88. The van der Waals surface area contributed by atoms with E-state index < -0.39 is 0 Å². The van der Waals surface area contributed by atoms with Crippen LogP contribution in [-0.2, 0) is 9.53 Å². The van der Waals surface area contributed by atoms with Gasteiger partial charge in [-0.1, -0.05) is 6.92 Å². The number of nitrogens with zero attached hydrogens (tertiary/aromatic N) is 2. The Bertz CT molecular complexity index is 198. The van der Waals surface area contributed by atoms with Crippen LogP contribution in [0.5, 0.6) is 0 Å². The van der Waals surface area contributed by atoms with E-state index in [-0.39, 0.29) is 5.91 Å². The Morgan fingerprint density at radius 1 is 1.24 bits per heavy atom. The fourth-order valence-electron chi connectivity index (χ4n) is 1.43. The third-order valence-electron chi connectivity index (χ3n) is 2.42. The van der Waals surface area contributed by atoms with Crippen LogP contribution in [0.15, 0.2) is 0 Å². The molecule has 0 radical (unpaired) electrons. The first-order valence-corrected chi connectivity index (χ1v) is 6.24. The Kier molecular flexibility index (Phi) is 10.1. The number of methoxy groups -OCH3 is 1. The van der Waals surface area contributed by atoms with Gasteiger partial charge in [0.25, 0.3) is 0 Å². The van der Waals surface area contributed by atoms with Crippen molar-refractivity contribution in [2.45, 2.75) is 13.3 Å². The minimum absolute atomic E-state index is 0.171. The van der Waals surface area contributed by atoms with Gasteiger partial charge < -0.3 is 19.9 Å². The molecule has 0 unspecified atom stereocenters. The lowest BCUT2D eigenvalue weighted by Gasteiger charge is -2.24. The average Bonchev–Trinajstić information content (AvgIpc) is 2.29. The van der Waals surface area contributed by atoms with Crippen molar-refractivity contribution in [3.05, 3.63) is 0 Å². The van der Waals surface area contributed by atoms with E-state index in [1.165, 1.54) is 0 Å². The van der Waals surface area contributed by atoms with Gasteiger partial charge in [0.2, 0.25) is 5.91 Å². The van der Waals surface area contributed by atoms with Crippen molar-refractivity contribution in [3.8, 4) is 0 Å². The van der Waals surface area contributed by atoms with Crippen LogP contribution < -0.4 is 5.32 Å². The summed E-state index contributed by atoms with van der Waals surface area (Å²) in [4.78, 5) is 15.9. The Morgan fingerprint density at radius 3 is 2.47 bits per heavy atom. The van der Waals surface area contributed by atoms with Crippen LogP contribution >= 0.6 is 0 Å². The van der Waals surface area contributed by atoms with Crippen molar-refractivity contribution < 1.29 is 9.53 Å².